The summed E-state index contributed by atoms with van der Waals surface area (Å²) < 4.78 is 28.0. The molecule has 0 atom stereocenters. The van der Waals surface area contributed by atoms with Crippen LogP contribution in [0.3, 0.4) is 0 Å². The Bertz CT molecular complexity index is 572. The molecule has 1 aliphatic carbocycles. The standard InChI is InChI=1S/C10H12N4O2S/c11-6-7-1-4-10(9(12)5-7)14-17(15,16)13-8-2-3-8/h1,4-5,8,13-14H,2-3,12H2. The third kappa shape index (κ3) is 3.09. The predicted molar refractivity (Wildman–Crippen MR) is 64.3 cm³/mol. The van der Waals surface area contributed by atoms with Crippen LogP contribution >= 0.6 is 0 Å². The van der Waals surface area contributed by atoms with Crippen molar-refractivity contribution >= 4 is 21.6 Å². The molecule has 0 aliphatic heterocycles. The third-order valence-electron chi connectivity index (χ3n) is 2.32. The predicted octanol–water partition coefficient (Wildman–Crippen LogP) is 0.549. The molecular weight excluding hydrogens is 240 g/mol. The maximum Gasteiger partial charge on any atom is 0.299 e. The molecule has 1 fully saturated rings. The zero-order valence-corrected chi connectivity index (χ0v) is 9.79. The van der Waals surface area contributed by atoms with Crippen LogP contribution in [0.25, 0.3) is 0 Å². The second-order valence-electron chi connectivity index (χ2n) is 3.91. The molecule has 0 heterocycles. The van der Waals surface area contributed by atoms with Gasteiger partial charge in [-0.05, 0) is 31.0 Å². The molecule has 1 saturated carbocycles. The van der Waals surface area contributed by atoms with Crippen molar-refractivity contribution in [3.05, 3.63) is 23.8 Å². The van der Waals surface area contributed by atoms with E-state index in [2.05, 4.69) is 9.44 Å². The summed E-state index contributed by atoms with van der Waals surface area (Å²) in [5.74, 6) is 0. The Morgan fingerprint density at radius 3 is 2.65 bits per heavy atom. The smallest absolute Gasteiger partial charge is 0.299 e. The Morgan fingerprint density at radius 2 is 2.12 bits per heavy atom. The molecule has 4 N–H and O–H groups in total. The lowest BCUT2D eigenvalue weighted by Gasteiger charge is -2.10. The van der Waals surface area contributed by atoms with Gasteiger partial charge >= 0.3 is 0 Å². The Morgan fingerprint density at radius 1 is 1.41 bits per heavy atom. The average molecular weight is 252 g/mol. The molecule has 0 aromatic heterocycles. The number of nitrogens with two attached hydrogens (primary N) is 1. The van der Waals surface area contributed by atoms with Crippen LogP contribution in [0.1, 0.15) is 18.4 Å². The summed E-state index contributed by atoms with van der Waals surface area (Å²) in [6.07, 6.45) is 1.73. The molecule has 2 rings (SSSR count). The first-order valence-electron chi connectivity index (χ1n) is 5.10. The van der Waals surface area contributed by atoms with Crippen LogP contribution in [0.5, 0.6) is 0 Å². The lowest BCUT2D eigenvalue weighted by atomic mass is 10.2. The number of hydrogen-bond donors (Lipinski definition) is 3. The van der Waals surface area contributed by atoms with Gasteiger partial charge in [0, 0.05) is 6.04 Å². The van der Waals surface area contributed by atoms with Crippen molar-refractivity contribution in [1.82, 2.24) is 4.72 Å². The second kappa shape index (κ2) is 4.24. The normalized spacial score (nSPS) is 15.2. The van der Waals surface area contributed by atoms with Crippen molar-refractivity contribution in [3.63, 3.8) is 0 Å². The van der Waals surface area contributed by atoms with Crippen molar-refractivity contribution in [1.29, 1.82) is 5.26 Å². The van der Waals surface area contributed by atoms with Gasteiger partial charge in [-0.1, -0.05) is 0 Å². The molecule has 17 heavy (non-hydrogen) atoms. The van der Waals surface area contributed by atoms with Crippen LogP contribution in [-0.2, 0) is 10.2 Å². The number of nitrogens with zero attached hydrogens (tertiary/aromatic N) is 1. The van der Waals surface area contributed by atoms with E-state index in [9.17, 15) is 8.42 Å². The lowest BCUT2D eigenvalue weighted by Crippen LogP contribution is -2.32. The van der Waals surface area contributed by atoms with E-state index in [1.165, 1.54) is 18.2 Å². The quantitative estimate of drug-likeness (QED) is 0.680. The van der Waals surface area contributed by atoms with Gasteiger partial charge in [-0.25, -0.2) is 0 Å². The summed E-state index contributed by atoms with van der Waals surface area (Å²) in [6.45, 7) is 0. The van der Waals surface area contributed by atoms with E-state index in [0.717, 1.165) is 12.8 Å². The third-order valence-corrected chi connectivity index (χ3v) is 3.46. The summed E-state index contributed by atoms with van der Waals surface area (Å²) >= 11 is 0. The number of hydrogen-bond acceptors (Lipinski definition) is 4. The van der Waals surface area contributed by atoms with Gasteiger partial charge in [0.1, 0.15) is 0 Å². The lowest BCUT2D eigenvalue weighted by molar-refractivity contribution is 0.586. The molecule has 1 aliphatic rings. The first-order valence-corrected chi connectivity index (χ1v) is 6.58. The number of nitriles is 1. The van der Waals surface area contributed by atoms with E-state index in [0.29, 0.717) is 5.56 Å². The maximum atomic E-state index is 11.6. The fourth-order valence-electron chi connectivity index (χ4n) is 1.32. The summed E-state index contributed by atoms with van der Waals surface area (Å²) in [5.41, 5.74) is 6.54. The first-order chi connectivity index (χ1) is 8.00. The van der Waals surface area contributed by atoms with E-state index < -0.39 is 10.2 Å². The minimum Gasteiger partial charge on any atom is -0.397 e. The molecule has 0 unspecified atom stereocenters. The van der Waals surface area contributed by atoms with Crippen LogP contribution in [0.2, 0.25) is 0 Å². The fraction of sp³-hybridized carbons (Fsp3) is 0.300. The van der Waals surface area contributed by atoms with Gasteiger partial charge in [-0.15, -0.1) is 0 Å². The molecule has 0 bridgehead atoms. The molecular formula is C10H12N4O2S. The summed E-state index contributed by atoms with van der Waals surface area (Å²) in [4.78, 5) is 0. The zero-order valence-electron chi connectivity index (χ0n) is 8.97. The maximum absolute atomic E-state index is 11.6. The molecule has 1 aromatic carbocycles. The second-order valence-corrected chi connectivity index (χ2v) is 5.36. The molecule has 0 saturated heterocycles. The zero-order chi connectivity index (χ0) is 12.5. The minimum absolute atomic E-state index is 0.0344. The van der Waals surface area contributed by atoms with Crippen LogP contribution < -0.4 is 15.2 Å². The van der Waals surface area contributed by atoms with Crippen molar-refractivity contribution < 1.29 is 8.42 Å². The number of anilines is 2. The van der Waals surface area contributed by atoms with Gasteiger partial charge in [0.15, 0.2) is 0 Å². The van der Waals surface area contributed by atoms with Crippen LogP contribution in [0.4, 0.5) is 11.4 Å². The molecule has 1 aromatic rings. The van der Waals surface area contributed by atoms with Gasteiger partial charge in [0.25, 0.3) is 10.2 Å². The van der Waals surface area contributed by atoms with E-state index >= 15 is 0 Å². The van der Waals surface area contributed by atoms with Crippen molar-refractivity contribution in [2.24, 2.45) is 0 Å². The largest absolute Gasteiger partial charge is 0.397 e. The highest BCUT2D eigenvalue weighted by molar-refractivity contribution is 7.90. The van der Waals surface area contributed by atoms with E-state index in [1.54, 1.807) is 0 Å². The number of nitrogens with one attached hydrogen (secondary N) is 2. The van der Waals surface area contributed by atoms with Crippen LogP contribution in [0, 0.1) is 11.3 Å². The number of nitrogen functional groups attached to an aromatic ring is 1. The van der Waals surface area contributed by atoms with Gasteiger partial charge in [0.05, 0.1) is 23.0 Å². The highest BCUT2D eigenvalue weighted by Gasteiger charge is 2.27. The van der Waals surface area contributed by atoms with Crippen molar-refractivity contribution in [2.45, 2.75) is 18.9 Å². The van der Waals surface area contributed by atoms with E-state index in [4.69, 9.17) is 11.0 Å². The van der Waals surface area contributed by atoms with E-state index in [-0.39, 0.29) is 17.4 Å². The first kappa shape index (κ1) is 11.7. The molecule has 0 amide bonds. The summed E-state index contributed by atoms with van der Waals surface area (Å²) in [5, 5.41) is 8.66. The summed E-state index contributed by atoms with van der Waals surface area (Å²) in [6, 6.07) is 6.36. The monoisotopic (exact) mass is 252 g/mol. The SMILES string of the molecule is N#Cc1ccc(NS(=O)(=O)NC2CC2)c(N)c1. The topological polar surface area (TPSA) is 108 Å². The minimum atomic E-state index is -3.58. The van der Waals surface area contributed by atoms with Crippen LogP contribution in [-0.4, -0.2) is 14.5 Å². The highest BCUT2D eigenvalue weighted by Crippen LogP contribution is 2.23. The molecule has 0 spiro atoms. The number of benzene rings is 1. The van der Waals surface area contributed by atoms with Crippen molar-refractivity contribution in [3.8, 4) is 6.07 Å². The van der Waals surface area contributed by atoms with Crippen molar-refractivity contribution in [2.75, 3.05) is 10.5 Å². The highest BCUT2D eigenvalue weighted by atomic mass is 32.2. The Kier molecular flexibility index (Phi) is 2.92. The average Bonchev–Trinajstić information content (AvgIpc) is 3.04. The Balaban J connectivity index is 2.15. The van der Waals surface area contributed by atoms with E-state index in [1.807, 2.05) is 6.07 Å². The Hall–Kier alpha value is -1.78. The molecule has 7 heteroatoms. The van der Waals surface area contributed by atoms with Crippen LogP contribution in [0.15, 0.2) is 18.2 Å². The van der Waals surface area contributed by atoms with Gasteiger partial charge < -0.3 is 5.73 Å². The summed E-state index contributed by atoms with van der Waals surface area (Å²) in [7, 11) is -3.58. The number of rotatable bonds is 4. The van der Waals surface area contributed by atoms with Gasteiger partial charge in [-0.3, -0.25) is 4.72 Å². The molecule has 0 radical (unpaired) electrons. The molecule has 6 nitrogen and oxygen atoms in total. The fourth-order valence-corrected chi connectivity index (χ4v) is 2.53. The Labute approximate surface area is 99.6 Å². The molecule has 90 valence electrons. The van der Waals surface area contributed by atoms with Gasteiger partial charge in [-0.2, -0.15) is 18.4 Å². The van der Waals surface area contributed by atoms with Gasteiger partial charge in [0.2, 0.25) is 0 Å².